The average Bonchev–Trinajstić information content (AvgIpc) is 3.32. The van der Waals surface area contributed by atoms with Crippen molar-refractivity contribution in [2.45, 2.75) is 93.7 Å². The number of likely N-dealkylation sites (tertiary alicyclic amines) is 1. The van der Waals surface area contributed by atoms with Gasteiger partial charge in [0, 0.05) is 30.5 Å². The molecule has 0 aliphatic carbocycles. The number of fused-ring (bicyclic) bond motifs is 1. The largest absolute Gasteiger partial charge is 0.481 e. The number of rotatable bonds is 13. The Morgan fingerprint density at radius 1 is 1.30 bits per heavy atom. The van der Waals surface area contributed by atoms with E-state index >= 15 is 0 Å². The third-order valence-corrected chi connectivity index (χ3v) is 9.92. The lowest BCUT2D eigenvalue weighted by atomic mass is 9.66. The Kier molecular flexibility index (Phi) is 8.20. The third kappa shape index (κ3) is 4.45. The summed E-state index contributed by atoms with van der Waals surface area (Å²) in [6.45, 7) is 10.9. The van der Waals surface area contributed by atoms with E-state index < -0.39 is 33.3 Å². The first-order valence-electron chi connectivity index (χ1n) is 12.4. The molecule has 3 rings (SSSR count). The molecular weight excluding hydrogens is 440 g/mol. The second kappa shape index (κ2) is 10.4. The molecule has 2 amide bonds. The Morgan fingerprint density at radius 2 is 2.00 bits per heavy atom. The minimum Gasteiger partial charge on any atom is -0.481 e. The van der Waals surface area contributed by atoms with E-state index in [2.05, 4.69) is 13.5 Å². The molecule has 186 valence electrons. The van der Waals surface area contributed by atoms with Gasteiger partial charge in [0.2, 0.25) is 11.8 Å². The van der Waals surface area contributed by atoms with Gasteiger partial charge in [0.05, 0.1) is 16.6 Å². The van der Waals surface area contributed by atoms with Crippen LogP contribution in [0, 0.1) is 11.8 Å². The second-order valence-electron chi connectivity index (χ2n) is 10.2. The molecule has 0 radical (unpaired) electrons. The van der Waals surface area contributed by atoms with Crippen LogP contribution in [0.3, 0.4) is 0 Å². The molecule has 3 aliphatic heterocycles. The number of unbranched alkanes of at least 4 members (excludes halogenated alkanes) is 3. The monoisotopic (exact) mass is 480 g/mol. The zero-order valence-corrected chi connectivity index (χ0v) is 21.1. The number of amides is 2. The molecule has 0 aromatic heterocycles. The first-order chi connectivity index (χ1) is 15.7. The van der Waals surface area contributed by atoms with E-state index in [1.54, 1.807) is 22.7 Å². The Balaban J connectivity index is 1.97. The molecule has 0 aromatic carbocycles. The molecule has 1 spiro atoms. The molecule has 3 unspecified atom stereocenters. The summed E-state index contributed by atoms with van der Waals surface area (Å²) in [5.74, 6) is -2.58. The molecule has 3 heterocycles. The maximum Gasteiger partial charge on any atom is 0.308 e. The van der Waals surface area contributed by atoms with Gasteiger partial charge in [-0.05, 0) is 46.0 Å². The number of carbonyl (C=O) groups is 3. The molecule has 3 saturated heterocycles. The molecule has 3 aliphatic rings. The summed E-state index contributed by atoms with van der Waals surface area (Å²) in [4.78, 5) is 43.8. The molecule has 2 N–H and O–H groups in total. The van der Waals surface area contributed by atoms with Gasteiger partial charge in [-0.2, -0.15) is 0 Å². The van der Waals surface area contributed by atoms with Gasteiger partial charge in [-0.3, -0.25) is 14.4 Å². The summed E-state index contributed by atoms with van der Waals surface area (Å²) < 4.78 is -1.20. The molecule has 2 bridgehead atoms. The Morgan fingerprint density at radius 3 is 2.61 bits per heavy atom. The molecular formula is C25H40N2O5S. The smallest absolute Gasteiger partial charge is 0.308 e. The number of carboxylic acid groups (broad SMARTS) is 1. The van der Waals surface area contributed by atoms with Crippen molar-refractivity contribution >= 4 is 29.5 Å². The van der Waals surface area contributed by atoms with Crippen LogP contribution in [-0.4, -0.2) is 79.1 Å². The van der Waals surface area contributed by atoms with Gasteiger partial charge in [0.25, 0.3) is 0 Å². The highest BCUT2D eigenvalue weighted by atomic mass is 32.2. The third-order valence-electron chi connectivity index (χ3n) is 7.93. The molecule has 8 heteroatoms. The van der Waals surface area contributed by atoms with Gasteiger partial charge in [0.1, 0.15) is 6.04 Å². The fourth-order valence-electron chi connectivity index (χ4n) is 6.43. The fraction of sp³-hybridized carbons (Fsp3) is 0.800. The van der Waals surface area contributed by atoms with Crippen LogP contribution in [0.5, 0.6) is 0 Å². The number of thioether (sulfide) groups is 1. The average molecular weight is 481 g/mol. The van der Waals surface area contributed by atoms with E-state index in [9.17, 15) is 19.5 Å². The number of aliphatic hydroxyl groups is 1. The standard InChI is InChI=1S/C25H40N2O5S/c1-5-11-17(3)26(14-6-2)22(30)20-25-13-12-24(4,33-25)19(23(31)32)18(25)21(29)27(20)15-9-7-8-10-16-28/h6,17-20,28H,2,5,7-16H2,1,3-4H3,(H,31,32)/t17?,18-,19-,20?,24+,25?/m0/s1. The number of hydrogen-bond donors (Lipinski definition) is 2. The summed E-state index contributed by atoms with van der Waals surface area (Å²) >= 11 is 1.59. The van der Waals surface area contributed by atoms with Gasteiger partial charge in [-0.1, -0.05) is 32.3 Å². The van der Waals surface area contributed by atoms with Crippen molar-refractivity contribution in [3.8, 4) is 0 Å². The predicted molar refractivity (Wildman–Crippen MR) is 130 cm³/mol. The number of hydrogen-bond acceptors (Lipinski definition) is 5. The van der Waals surface area contributed by atoms with E-state index in [1.165, 1.54) is 0 Å². The van der Waals surface area contributed by atoms with E-state index in [-0.39, 0.29) is 24.5 Å². The highest BCUT2D eigenvalue weighted by molar-refractivity contribution is 8.02. The van der Waals surface area contributed by atoms with Crippen molar-refractivity contribution in [2.75, 3.05) is 19.7 Å². The minimum atomic E-state index is -0.928. The lowest BCUT2D eigenvalue weighted by Crippen LogP contribution is -2.56. The zero-order chi connectivity index (χ0) is 24.4. The summed E-state index contributed by atoms with van der Waals surface area (Å²) in [6.07, 6.45) is 8.13. The summed E-state index contributed by atoms with van der Waals surface area (Å²) in [5.41, 5.74) is 0. The maximum absolute atomic E-state index is 14.1. The van der Waals surface area contributed by atoms with Crippen LogP contribution in [0.2, 0.25) is 0 Å². The van der Waals surface area contributed by atoms with E-state index in [0.717, 1.165) is 38.5 Å². The molecule has 6 atom stereocenters. The molecule has 3 fully saturated rings. The number of carbonyl (C=O) groups excluding carboxylic acids is 2. The van der Waals surface area contributed by atoms with Crippen molar-refractivity contribution in [2.24, 2.45) is 11.8 Å². The first-order valence-corrected chi connectivity index (χ1v) is 13.3. The summed E-state index contributed by atoms with van der Waals surface area (Å²) in [5, 5.41) is 19.1. The van der Waals surface area contributed by atoms with Crippen molar-refractivity contribution < 1.29 is 24.6 Å². The normalized spacial score (nSPS) is 33.3. The van der Waals surface area contributed by atoms with Gasteiger partial charge < -0.3 is 20.0 Å². The maximum atomic E-state index is 14.1. The zero-order valence-electron chi connectivity index (χ0n) is 20.3. The lowest BCUT2D eigenvalue weighted by molar-refractivity contribution is -0.150. The van der Waals surface area contributed by atoms with Crippen molar-refractivity contribution in [3.05, 3.63) is 12.7 Å². The van der Waals surface area contributed by atoms with E-state index in [0.29, 0.717) is 25.9 Å². The van der Waals surface area contributed by atoms with Crippen molar-refractivity contribution in [1.29, 1.82) is 0 Å². The fourth-order valence-corrected chi connectivity index (χ4v) is 8.77. The lowest BCUT2D eigenvalue weighted by Gasteiger charge is -2.39. The SMILES string of the molecule is C=CCN(C(=O)C1N(CCCCCCO)C(=O)[C@@H]2[C@@H](C(=O)O)[C@@]3(C)CCC12S3)C(C)CCC. The summed E-state index contributed by atoms with van der Waals surface area (Å²) in [6, 6.07) is -0.616. The van der Waals surface area contributed by atoms with Crippen LogP contribution in [0.15, 0.2) is 12.7 Å². The highest BCUT2D eigenvalue weighted by Crippen LogP contribution is 2.71. The van der Waals surface area contributed by atoms with Crippen LogP contribution < -0.4 is 0 Å². The van der Waals surface area contributed by atoms with Crippen molar-refractivity contribution in [1.82, 2.24) is 9.80 Å². The van der Waals surface area contributed by atoms with Gasteiger partial charge in [-0.15, -0.1) is 18.3 Å². The Labute approximate surface area is 202 Å². The highest BCUT2D eigenvalue weighted by Gasteiger charge is 2.77. The van der Waals surface area contributed by atoms with Crippen LogP contribution in [0.1, 0.15) is 72.1 Å². The quantitative estimate of drug-likeness (QED) is 0.310. The topological polar surface area (TPSA) is 98.2 Å². The van der Waals surface area contributed by atoms with E-state index in [4.69, 9.17) is 5.11 Å². The molecule has 0 saturated carbocycles. The van der Waals surface area contributed by atoms with Crippen LogP contribution in [0.25, 0.3) is 0 Å². The number of aliphatic carboxylic acids is 1. The van der Waals surface area contributed by atoms with Gasteiger partial charge in [-0.25, -0.2) is 0 Å². The molecule has 33 heavy (non-hydrogen) atoms. The molecule has 7 nitrogen and oxygen atoms in total. The van der Waals surface area contributed by atoms with Crippen molar-refractivity contribution in [3.63, 3.8) is 0 Å². The van der Waals surface area contributed by atoms with E-state index in [1.807, 2.05) is 18.7 Å². The molecule has 0 aromatic rings. The first kappa shape index (κ1) is 26.1. The van der Waals surface area contributed by atoms with Crippen LogP contribution in [0.4, 0.5) is 0 Å². The van der Waals surface area contributed by atoms with Gasteiger partial charge >= 0.3 is 5.97 Å². The van der Waals surface area contributed by atoms with Crippen LogP contribution in [-0.2, 0) is 14.4 Å². The Bertz CT molecular complexity index is 776. The van der Waals surface area contributed by atoms with Crippen LogP contribution >= 0.6 is 11.8 Å². The Hall–Kier alpha value is -1.54. The summed E-state index contributed by atoms with van der Waals surface area (Å²) in [7, 11) is 0. The number of carboxylic acids is 1. The second-order valence-corrected chi connectivity index (χ2v) is 12.0. The van der Waals surface area contributed by atoms with Gasteiger partial charge in [0.15, 0.2) is 0 Å². The number of aliphatic hydroxyl groups excluding tert-OH is 1. The predicted octanol–water partition coefficient (Wildman–Crippen LogP) is 3.31. The number of nitrogens with zero attached hydrogens (tertiary/aromatic N) is 2. The minimum absolute atomic E-state index is 0.0203.